The lowest BCUT2D eigenvalue weighted by molar-refractivity contribution is -0.385. The summed E-state index contributed by atoms with van der Waals surface area (Å²) >= 11 is 0. The smallest absolute Gasteiger partial charge is 0.320 e. The van der Waals surface area contributed by atoms with Crippen LogP contribution in [-0.4, -0.2) is 25.5 Å². The molecule has 0 spiro atoms. The molecule has 0 fully saturated rings. The van der Waals surface area contributed by atoms with Crippen molar-refractivity contribution in [3.63, 3.8) is 0 Å². The number of rotatable bonds is 7. The Labute approximate surface area is 170 Å². The Balaban J connectivity index is 1.93. The summed E-state index contributed by atoms with van der Waals surface area (Å²) in [6, 6.07) is 10.8. The molecule has 3 aromatic rings. The van der Waals surface area contributed by atoms with Crippen molar-refractivity contribution in [1.82, 2.24) is 9.78 Å². The molecule has 0 bridgehead atoms. The molecular formula is C19H17N5O6. The van der Waals surface area contributed by atoms with Gasteiger partial charge in [0.05, 0.1) is 21.6 Å². The molecule has 11 heteroatoms. The van der Waals surface area contributed by atoms with Crippen LogP contribution in [-0.2, 0) is 6.54 Å². The summed E-state index contributed by atoms with van der Waals surface area (Å²) in [6.07, 6.45) is 1.15. The van der Waals surface area contributed by atoms with E-state index in [9.17, 15) is 25.0 Å². The van der Waals surface area contributed by atoms with Crippen LogP contribution in [0.25, 0.3) is 0 Å². The summed E-state index contributed by atoms with van der Waals surface area (Å²) in [6.45, 7) is 3.92. The highest BCUT2D eigenvalue weighted by Gasteiger charge is 2.26. The zero-order valence-corrected chi connectivity index (χ0v) is 16.1. The highest BCUT2D eigenvalue weighted by Crippen LogP contribution is 2.30. The Kier molecular flexibility index (Phi) is 5.72. The summed E-state index contributed by atoms with van der Waals surface area (Å²) in [5, 5.41) is 28.8. The summed E-state index contributed by atoms with van der Waals surface area (Å²) in [5.74, 6) is -0.278. The summed E-state index contributed by atoms with van der Waals surface area (Å²) in [7, 11) is 0. The number of aromatic nitrogens is 2. The molecule has 0 atom stereocenters. The molecule has 0 aliphatic rings. The molecule has 0 saturated carbocycles. The number of ether oxygens (including phenoxy) is 1. The van der Waals surface area contributed by atoms with Gasteiger partial charge in [-0.25, -0.2) is 0 Å². The van der Waals surface area contributed by atoms with E-state index in [0.29, 0.717) is 12.3 Å². The van der Waals surface area contributed by atoms with Gasteiger partial charge >= 0.3 is 5.69 Å². The summed E-state index contributed by atoms with van der Waals surface area (Å²) < 4.78 is 6.93. The van der Waals surface area contributed by atoms with E-state index in [0.717, 1.165) is 17.8 Å². The number of carbonyl (C=O) groups is 1. The maximum atomic E-state index is 12.6. The Morgan fingerprint density at radius 2 is 1.90 bits per heavy atom. The van der Waals surface area contributed by atoms with Gasteiger partial charge in [0.2, 0.25) is 5.69 Å². The zero-order valence-electron chi connectivity index (χ0n) is 16.1. The number of hydrogen-bond donors (Lipinski definition) is 1. The fraction of sp³-hybridized carbons (Fsp3) is 0.158. The third-order valence-electron chi connectivity index (χ3n) is 4.06. The molecular weight excluding hydrogens is 394 g/mol. The number of aryl methyl sites for hydroxylation is 2. The van der Waals surface area contributed by atoms with Crippen LogP contribution in [0.3, 0.4) is 0 Å². The number of nitro groups is 2. The minimum absolute atomic E-state index is 0.0391. The SMILES string of the molecule is CCn1cc([N+](=O)[O-])c(C(=O)Nc2cc(Oc3cccc(C)c3)cc([N+](=O)[O-])c2)n1. The van der Waals surface area contributed by atoms with E-state index < -0.39 is 27.1 Å². The lowest BCUT2D eigenvalue weighted by Crippen LogP contribution is -2.15. The predicted octanol–water partition coefficient (Wildman–Crippen LogP) is 4.07. The minimum atomic E-state index is -0.865. The van der Waals surface area contributed by atoms with Gasteiger partial charge in [0.25, 0.3) is 11.6 Å². The molecule has 0 unspecified atom stereocenters. The van der Waals surface area contributed by atoms with Crippen molar-refractivity contribution in [2.45, 2.75) is 20.4 Å². The van der Waals surface area contributed by atoms with Crippen LogP contribution in [0.1, 0.15) is 23.0 Å². The van der Waals surface area contributed by atoms with Gasteiger partial charge in [-0.3, -0.25) is 29.7 Å². The van der Waals surface area contributed by atoms with Crippen LogP contribution in [0.4, 0.5) is 17.1 Å². The zero-order chi connectivity index (χ0) is 21.8. The standard InChI is InChI=1S/C19H17N5O6/c1-3-22-11-17(24(28)29)18(21-22)19(25)20-13-8-14(23(26)27)10-16(9-13)30-15-6-4-5-12(2)7-15/h4-11H,3H2,1-2H3,(H,20,25). The second kappa shape index (κ2) is 8.39. The van der Waals surface area contributed by atoms with Crippen LogP contribution in [0, 0.1) is 27.2 Å². The minimum Gasteiger partial charge on any atom is -0.457 e. The highest BCUT2D eigenvalue weighted by molar-refractivity contribution is 6.05. The Bertz CT molecular complexity index is 1140. The third-order valence-corrected chi connectivity index (χ3v) is 4.06. The molecule has 30 heavy (non-hydrogen) atoms. The first-order valence-electron chi connectivity index (χ1n) is 8.84. The lowest BCUT2D eigenvalue weighted by Gasteiger charge is -2.09. The maximum absolute atomic E-state index is 12.6. The van der Waals surface area contributed by atoms with Gasteiger partial charge in [-0.15, -0.1) is 0 Å². The number of nitrogens with one attached hydrogen (secondary N) is 1. The number of nitro benzene ring substituents is 1. The van der Waals surface area contributed by atoms with Gasteiger partial charge in [-0.05, 0) is 31.5 Å². The van der Waals surface area contributed by atoms with E-state index in [-0.39, 0.29) is 17.1 Å². The fourth-order valence-corrected chi connectivity index (χ4v) is 2.69. The van der Waals surface area contributed by atoms with Crippen molar-refractivity contribution >= 4 is 23.0 Å². The molecule has 11 nitrogen and oxygen atoms in total. The Morgan fingerprint density at radius 3 is 2.53 bits per heavy atom. The second-order valence-electron chi connectivity index (χ2n) is 6.32. The van der Waals surface area contributed by atoms with Gasteiger partial charge in [0.15, 0.2) is 0 Å². The highest BCUT2D eigenvalue weighted by atomic mass is 16.6. The average Bonchev–Trinajstić information content (AvgIpc) is 3.13. The van der Waals surface area contributed by atoms with Gasteiger partial charge in [0.1, 0.15) is 17.7 Å². The van der Waals surface area contributed by atoms with Crippen molar-refractivity contribution in [1.29, 1.82) is 0 Å². The van der Waals surface area contributed by atoms with E-state index in [1.165, 1.54) is 16.8 Å². The van der Waals surface area contributed by atoms with Gasteiger partial charge in [-0.2, -0.15) is 5.10 Å². The first-order chi connectivity index (χ1) is 14.3. The van der Waals surface area contributed by atoms with Crippen molar-refractivity contribution in [2.75, 3.05) is 5.32 Å². The monoisotopic (exact) mass is 411 g/mol. The number of non-ortho nitro benzene ring substituents is 1. The molecule has 0 aliphatic heterocycles. The van der Waals surface area contributed by atoms with Crippen LogP contribution < -0.4 is 10.1 Å². The molecule has 0 saturated heterocycles. The number of anilines is 1. The molecule has 2 aromatic carbocycles. The average molecular weight is 411 g/mol. The molecule has 1 heterocycles. The summed E-state index contributed by atoms with van der Waals surface area (Å²) in [4.78, 5) is 33.7. The molecule has 154 valence electrons. The first kappa shape index (κ1) is 20.5. The molecule has 1 N–H and O–H groups in total. The number of benzene rings is 2. The Hall–Kier alpha value is -4.28. The molecule has 3 rings (SSSR count). The van der Waals surface area contributed by atoms with E-state index in [1.807, 2.05) is 13.0 Å². The van der Waals surface area contributed by atoms with Crippen molar-refractivity contribution in [3.8, 4) is 11.5 Å². The van der Waals surface area contributed by atoms with Gasteiger partial charge in [-0.1, -0.05) is 12.1 Å². The maximum Gasteiger partial charge on any atom is 0.320 e. The van der Waals surface area contributed by atoms with Crippen LogP contribution in [0.15, 0.2) is 48.7 Å². The quantitative estimate of drug-likeness (QED) is 0.456. The molecule has 0 radical (unpaired) electrons. The van der Waals surface area contributed by atoms with Crippen molar-refractivity contribution in [3.05, 3.63) is 80.1 Å². The van der Waals surface area contributed by atoms with E-state index >= 15 is 0 Å². The van der Waals surface area contributed by atoms with Crippen molar-refractivity contribution in [2.24, 2.45) is 0 Å². The van der Waals surface area contributed by atoms with Crippen LogP contribution in [0.5, 0.6) is 11.5 Å². The largest absolute Gasteiger partial charge is 0.457 e. The van der Waals surface area contributed by atoms with E-state index in [1.54, 1.807) is 25.1 Å². The van der Waals surface area contributed by atoms with E-state index in [2.05, 4.69) is 10.4 Å². The van der Waals surface area contributed by atoms with Crippen molar-refractivity contribution < 1.29 is 19.4 Å². The van der Waals surface area contributed by atoms with E-state index in [4.69, 9.17) is 4.74 Å². The Morgan fingerprint density at radius 1 is 1.13 bits per heavy atom. The fourth-order valence-electron chi connectivity index (χ4n) is 2.69. The van der Waals surface area contributed by atoms with Crippen LogP contribution >= 0.6 is 0 Å². The third kappa shape index (κ3) is 4.58. The van der Waals surface area contributed by atoms with Crippen LogP contribution in [0.2, 0.25) is 0 Å². The number of carbonyl (C=O) groups excluding carboxylic acids is 1. The number of nitrogens with zero attached hydrogens (tertiary/aromatic N) is 4. The second-order valence-corrected chi connectivity index (χ2v) is 6.32. The number of amides is 1. The first-order valence-corrected chi connectivity index (χ1v) is 8.84. The topological polar surface area (TPSA) is 142 Å². The van der Waals surface area contributed by atoms with Gasteiger partial charge in [0, 0.05) is 18.7 Å². The molecule has 1 amide bonds. The lowest BCUT2D eigenvalue weighted by atomic mass is 10.2. The number of hydrogen-bond acceptors (Lipinski definition) is 7. The molecule has 1 aromatic heterocycles. The molecule has 0 aliphatic carbocycles. The summed E-state index contributed by atoms with van der Waals surface area (Å²) in [5.41, 5.74) is -0.197. The van der Waals surface area contributed by atoms with Gasteiger partial charge < -0.3 is 10.1 Å². The predicted molar refractivity (Wildman–Crippen MR) is 107 cm³/mol. The normalized spacial score (nSPS) is 10.5.